The first-order valence-electron chi connectivity index (χ1n) is 7.47. The Bertz CT molecular complexity index is 897. The maximum absolute atomic E-state index is 12.3. The molecule has 0 bridgehead atoms. The van der Waals surface area contributed by atoms with Crippen LogP contribution < -0.4 is 10.9 Å². The maximum atomic E-state index is 12.3. The SMILES string of the molecule is CC(NC(=O)c1ccn(C)c(=O)c1)c1ccc(-n2cncn2)cc1. The van der Waals surface area contributed by atoms with Gasteiger partial charge in [-0.05, 0) is 30.7 Å². The molecule has 0 aliphatic carbocycles. The highest BCUT2D eigenvalue weighted by Gasteiger charge is 2.12. The van der Waals surface area contributed by atoms with E-state index in [0.29, 0.717) is 5.56 Å². The number of hydrogen-bond donors (Lipinski definition) is 1. The van der Waals surface area contributed by atoms with E-state index in [4.69, 9.17) is 0 Å². The summed E-state index contributed by atoms with van der Waals surface area (Å²) in [4.78, 5) is 27.8. The van der Waals surface area contributed by atoms with Gasteiger partial charge in [0.1, 0.15) is 12.7 Å². The van der Waals surface area contributed by atoms with Crippen molar-refractivity contribution >= 4 is 5.91 Å². The zero-order chi connectivity index (χ0) is 17.1. The van der Waals surface area contributed by atoms with Crippen LogP contribution in [-0.4, -0.2) is 25.2 Å². The van der Waals surface area contributed by atoms with Crippen LogP contribution in [0.4, 0.5) is 0 Å². The van der Waals surface area contributed by atoms with Crippen LogP contribution in [0.5, 0.6) is 0 Å². The van der Waals surface area contributed by atoms with Gasteiger partial charge in [-0.3, -0.25) is 9.59 Å². The first-order chi connectivity index (χ1) is 11.5. The van der Waals surface area contributed by atoms with Crippen LogP contribution in [0.2, 0.25) is 0 Å². The molecule has 3 rings (SSSR count). The molecule has 0 saturated heterocycles. The fourth-order valence-corrected chi connectivity index (χ4v) is 2.31. The smallest absolute Gasteiger partial charge is 0.252 e. The van der Waals surface area contributed by atoms with Crippen molar-refractivity contribution in [1.82, 2.24) is 24.6 Å². The molecule has 0 aliphatic rings. The summed E-state index contributed by atoms with van der Waals surface area (Å²) in [5.41, 5.74) is 1.98. The van der Waals surface area contributed by atoms with E-state index in [1.165, 1.54) is 17.0 Å². The summed E-state index contributed by atoms with van der Waals surface area (Å²) in [6.07, 6.45) is 4.67. The van der Waals surface area contributed by atoms with Crippen LogP contribution in [0.1, 0.15) is 28.9 Å². The van der Waals surface area contributed by atoms with E-state index in [1.807, 2.05) is 31.2 Å². The predicted molar refractivity (Wildman–Crippen MR) is 88.9 cm³/mol. The molecule has 24 heavy (non-hydrogen) atoms. The van der Waals surface area contributed by atoms with E-state index in [-0.39, 0.29) is 17.5 Å². The number of nitrogens with zero attached hydrogens (tertiary/aromatic N) is 4. The van der Waals surface area contributed by atoms with E-state index in [2.05, 4.69) is 15.4 Å². The Hall–Kier alpha value is -3.22. The highest BCUT2D eigenvalue weighted by molar-refractivity contribution is 5.94. The number of carbonyl (C=O) groups excluding carboxylic acids is 1. The summed E-state index contributed by atoms with van der Waals surface area (Å²) in [6.45, 7) is 1.89. The summed E-state index contributed by atoms with van der Waals surface area (Å²) in [5, 5.41) is 6.96. The first kappa shape index (κ1) is 15.7. The number of aryl methyl sites for hydroxylation is 1. The number of aromatic nitrogens is 4. The zero-order valence-electron chi connectivity index (χ0n) is 13.4. The summed E-state index contributed by atoms with van der Waals surface area (Å²) in [6, 6.07) is 10.4. The molecule has 2 heterocycles. The molecule has 7 nitrogen and oxygen atoms in total. The minimum Gasteiger partial charge on any atom is -0.346 e. The van der Waals surface area contributed by atoms with E-state index in [1.54, 1.807) is 30.3 Å². The topological polar surface area (TPSA) is 81.8 Å². The molecule has 0 fully saturated rings. The Morgan fingerprint density at radius 1 is 1.21 bits per heavy atom. The van der Waals surface area contributed by atoms with Crippen molar-refractivity contribution in [2.24, 2.45) is 7.05 Å². The van der Waals surface area contributed by atoms with Crippen LogP contribution in [0.15, 0.2) is 60.0 Å². The number of rotatable bonds is 4. The lowest BCUT2D eigenvalue weighted by Crippen LogP contribution is -2.28. The molecule has 0 aliphatic heterocycles. The average Bonchev–Trinajstić information content (AvgIpc) is 3.12. The highest BCUT2D eigenvalue weighted by Crippen LogP contribution is 2.15. The molecular formula is C17H17N5O2. The molecule has 7 heteroatoms. The second kappa shape index (κ2) is 6.49. The number of benzene rings is 1. The van der Waals surface area contributed by atoms with Gasteiger partial charge in [0.15, 0.2) is 0 Å². The van der Waals surface area contributed by atoms with E-state index in [0.717, 1.165) is 11.3 Å². The number of nitrogens with one attached hydrogen (secondary N) is 1. The molecule has 2 aromatic heterocycles. The van der Waals surface area contributed by atoms with Gasteiger partial charge in [0.25, 0.3) is 11.5 Å². The molecule has 1 atom stereocenters. The van der Waals surface area contributed by atoms with Crippen LogP contribution in [0.25, 0.3) is 5.69 Å². The van der Waals surface area contributed by atoms with Crippen LogP contribution >= 0.6 is 0 Å². The van der Waals surface area contributed by atoms with Gasteiger partial charge in [-0.2, -0.15) is 5.10 Å². The van der Waals surface area contributed by atoms with Gasteiger partial charge in [0.05, 0.1) is 11.7 Å². The molecule has 3 aromatic rings. The minimum atomic E-state index is -0.277. The summed E-state index contributed by atoms with van der Waals surface area (Å²) in [7, 11) is 1.64. The lowest BCUT2D eigenvalue weighted by molar-refractivity contribution is 0.0939. The van der Waals surface area contributed by atoms with Crippen molar-refractivity contribution in [2.45, 2.75) is 13.0 Å². The number of pyridine rings is 1. The molecule has 1 N–H and O–H groups in total. The van der Waals surface area contributed by atoms with Crippen molar-refractivity contribution in [3.8, 4) is 5.69 Å². The highest BCUT2D eigenvalue weighted by atomic mass is 16.2. The minimum absolute atomic E-state index is 0.189. The summed E-state index contributed by atoms with van der Waals surface area (Å²) < 4.78 is 3.08. The number of carbonyl (C=O) groups is 1. The first-order valence-corrected chi connectivity index (χ1v) is 7.47. The van der Waals surface area contributed by atoms with Gasteiger partial charge in [0, 0.05) is 24.9 Å². The van der Waals surface area contributed by atoms with Gasteiger partial charge in [-0.1, -0.05) is 12.1 Å². The fraction of sp³-hybridized carbons (Fsp3) is 0.176. The normalized spacial score (nSPS) is 11.9. The van der Waals surface area contributed by atoms with Crippen molar-refractivity contribution < 1.29 is 4.79 Å². The Morgan fingerprint density at radius 2 is 1.96 bits per heavy atom. The molecular weight excluding hydrogens is 306 g/mol. The van der Waals surface area contributed by atoms with Crippen LogP contribution in [0, 0.1) is 0 Å². The summed E-state index contributed by atoms with van der Waals surface area (Å²) in [5.74, 6) is -0.277. The second-order valence-corrected chi connectivity index (χ2v) is 5.49. The molecule has 122 valence electrons. The van der Waals surface area contributed by atoms with Gasteiger partial charge in [-0.25, -0.2) is 9.67 Å². The fourth-order valence-electron chi connectivity index (χ4n) is 2.31. The number of amides is 1. The molecule has 1 aromatic carbocycles. The van der Waals surface area contributed by atoms with E-state index < -0.39 is 0 Å². The largest absolute Gasteiger partial charge is 0.346 e. The third-order valence-electron chi connectivity index (χ3n) is 3.79. The van der Waals surface area contributed by atoms with Crippen LogP contribution in [-0.2, 0) is 7.05 Å². The Kier molecular flexibility index (Phi) is 4.24. The zero-order valence-corrected chi connectivity index (χ0v) is 13.4. The average molecular weight is 323 g/mol. The Labute approximate surface area is 138 Å². The molecule has 0 radical (unpaired) electrons. The monoisotopic (exact) mass is 323 g/mol. The molecule has 0 spiro atoms. The quantitative estimate of drug-likeness (QED) is 0.788. The third kappa shape index (κ3) is 3.24. The van der Waals surface area contributed by atoms with Crippen molar-refractivity contribution in [1.29, 1.82) is 0 Å². The lowest BCUT2D eigenvalue weighted by atomic mass is 10.1. The number of hydrogen-bond acceptors (Lipinski definition) is 4. The third-order valence-corrected chi connectivity index (χ3v) is 3.79. The van der Waals surface area contributed by atoms with Crippen molar-refractivity contribution in [2.75, 3.05) is 0 Å². The summed E-state index contributed by atoms with van der Waals surface area (Å²) >= 11 is 0. The standard InChI is InChI=1S/C17H17N5O2/c1-12(20-17(24)14-7-8-21(2)16(23)9-14)13-3-5-15(6-4-13)22-11-18-10-19-22/h3-12H,1-2H3,(H,20,24). The van der Waals surface area contributed by atoms with E-state index in [9.17, 15) is 9.59 Å². The van der Waals surface area contributed by atoms with Crippen molar-refractivity contribution in [3.05, 3.63) is 76.7 Å². The van der Waals surface area contributed by atoms with Gasteiger partial charge >= 0.3 is 0 Å². The molecule has 1 amide bonds. The Balaban J connectivity index is 1.72. The van der Waals surface area contributed by atoms with Gasteiger partial charge in [-0.15, -0.1) is 0 Å². The Morgan fingerprint density at radius 3 is 2.58 bits per heavy atom. The predicted octanol–water partition coefficient (Wildman–Crippen LogP) is 1.46. The van der Waals surface area contributed by atoms with E-state index >= 15 is 0 Å². The lowest BCUT2D eigenvalue weighted by Gasteiger charge is -2.15. The maximum Gasteiger partial charge on any atom is 0.252 e. The van der Waals surface area contributed by atoms with Gasteiger partial charge < -0.3 is 9.88 Å². The second-order valence-electron chi connectivity index (χ2n) is 5.49. The van der Waals surface area contributed by atoms with Crippen molar-refractivity contribution in [3.63, 3.8) is 0 Å². The van der Waals surface area contributed by atoms with Crippen LogP contribution in [0.3, 0.4) is 0 Å². The molecule has 1 unspecified atom stereocenters. The molecule has 0 saturated carbocycles. The van der Waals surface area contributed by atoms with Gasteiger partial charge in [0.2, 0.25) is 0 Å².